The smallest absolute Gasteiger partial charge is 0.267 e. The van der Waals surface area contributed by atoms with Crippen LogP contribution in [0.3, 0.4) is 0 Å². The summed E-state index contributed by atoms with van der Waals surface area (Å²) in [6, 6.07) is 17.4. The highest BCUT2D eigenvalue weighted by Crippen LogP contribution is 2.26. The van der Waals surface area contributed by atoms with Gasteiger partial charge >= 0.3 is 0 Å². The first-order chi connectivity index (χ1) is 13.8. The van der Waals surface area contributed by atoms with Crippen molar-refractivity contribution in [1.29, 1.82) is 0 Å². The van der Waals surface area contributed by atoms with Gasteiger partial charge in [-0.1, -0.05) is 56.3 Å². The third-order valence-corrected chi connectivity index (χ3v) is 4.83. The molecule has 0 radical (unpaired) electrons. The topological polar surface area (TPSA) is 63.4 Å². The summed E-state index contributed by atoms with van der Waals surface area (Å²) < 4.78 is 1.85. The van der Waals surface area contributed by atoms with Crippen LogP contribution in [-0.2, 0) is 10.2 Å². The first-order valence-electron chi connectivity index (χ1n) is 9.53. The molecule has 1 amide bonds. The molecule has 0 N–H and O–H groups in total. The van der Waals surface area contributed by atoms with Crippen LogP contribution >= 0.6 is 0 Å². The molecule has 0 spiro atoms. The molecule has 6 nitrogen and oxygen atoms in total. The van der Waals surface area contributed by atoms with Crippen molar-refractivity contribution in [1.82, 2.24) is 15.0 Å². The van der Waals surface area contributed by atoms with Gasteiger partial charge < -0.3 is 0 Å². The molecule has 1 aromatic heterocycles. The molecule has 0 aliphatic carbocycles. The minimum Gasteiger partial charge on any atom is -0.267 e. The zero-order valence-corrected chi connectivity index (χ0v) is 17.0. The third-order valence-electron chi connectivity index (χ3n) is 4.83. The van der Waals surface area contributed by atoms with Crippen molar-refractivity contribution in [2.45, 2.75) is 33.1 Å². The molecule has 2 heterocycles. The van der Waals surface area contributed by atoms with Gasteiger partial charge in [0.15, 0.2) is 0 Å². The average Bonchev–Trinajstić information content (AvgIpc) is 3.30. The minimum absolute atomic E-state index is 0.0606. The quantitative estimate of drug-likeness (QED) is 0.629. The Labute approximate surface area is 170 Å². The summed E-state index contributed by atoms with van der Waals surface area (Å²) in [7, 11) is 0. The maximum absolute atomic E-state index is 12.9. The van der Waals surface area contributed by atoms with Crippen LogP contribution in [0.25, 0.3) is 11.8 Å². The highest BCUT2D eigenvalue weighted by Gasteiger charge is 2.28. The van der Waals surface area contributed by atoms with Crippen LogP contribution in [0.5, 0.6) is 0 Å². The summed E-state index contributed by atoms with van der Waals surface area (Å²) in [5.41, 5.74) is 4.90. The third kappa shape index (κ3) is 3.61. The summed E-state index contributed by atoms with van der Waals surface area (Å²) in [5.74, 6) is -0.121. The Morgan fingerprint density at radius 2 is 1.62 bits per heavy atom. The molecule has 29 heavy (non-hydrogen) atoms. The van der Waals surface area contributed by atoms with Crippen LogP contribution in [0, 0.1) is 0 Å². The predicted molar refractivity (Wildman–Crippen MR) is 115 cm³/mol. The summed E-state index contributed by atoms with van der Waals surface area (Å²) in [4.78, 5) is 12.9. The Bertz CT molecular complexity index is 1100. The number of hydrogen-bond donors (Lipinski definition) is 0. The maximum atomic E-state index is 12.9. The molecule has 146 valence electrons. The fraction of sp³-hybridized carbons (Fsp3) is 0.217. The highest BCUT2D eigenvalue weighted by atomic mass is 16.2. The van der Waals surface area contributed by atoms with Crippen molar-refractivity contribution in [3.05, 3.63) is 77.6 Å². The van der Waals surface area contributed by atoms with Crippen LogP contribution < -0.4 is 5.01 Å². The number of hydrogen-bond acceptors (Lipinski definition) is 4. The summed E-state index contributed by atoms with van der Waals surface area (Å²) >= 11 is 0. The molecular weight excluding hydrogens is 362 g/mol. The van der Waals surface area contributed by atoms with Crippen molar-refractivity contribution < 1.29 is 4.79 Å². The largest absolute Gasteiger partial charge is 0.280 e. The second-order valence-electron chi connectivity index (χ2n) is 8.07. The number of carbonyl (C=O) groups excluding carboxylic acids is 1. The molecule has 0 unspecified atom stereocenters. The lowest BCUT2D eigenvalue weighted by molar-refractivity contribution is -0.114. The summed E-state index contributed by atoms with van der Waals surface area (Å²) in [5, 5.41) is 14.2. The summed E-state index contributed by atoms with van der Waals surface area (Å²) in [6.45, 7) is 8.25. The Morgan fingerprint density at radius 3 is 2.28 bits per heavy atom. The van der Waals surface area contributed by atoms with E-state index < -0.39 is 0 Å². The van der Waals surface area contributed by atoms with Gasteiger partial charge in [0.25, 0.3) is 5.91 Å². The van der Waals surface area contributed by atoms with E-state index in [2.05, 4.69) is 36.2 Å². The monoisotopic (exact) mass is 385 g/mol. The van der Waals surface area contributed by atoms with Crippen molar-refractivity contribution in [2.24, 2.45) is 5.10 Å². The molecule has 0 saturated heterocycles. The van der Waals surface area contributed by atoms with Gasteiger partial charge in [0.1, 0.15) is 0 Å². The van der Waals surface area contributed by atoms with E-state index in [1.807, 2.05) is 72.3 Å². The highest BCUT2D eigenvalue weighted by molar-refractivity contribution is 6.32. The van der Waals surface area contributed by atoms with E-state index in [4.69, 9.17) is 0 Å². The number of hydrazone groups is 1. The van der Waals surface area contributed by atoms with Gasteiger partial charge in [-0.3, -0.25) is 4.79 Å². The Balaban J connectivity index is 1.61. The second kappa shape index (κ2) is 7.13. The van der Waals surface area contributed by atoms with Gasteiger partial charge in [0.2, 0.25) is 0 Å². The predicted octanol–water partition coefficient (Wildman–Crippen LogP) is 4.37. The van der Waals surface area contributed by atoms with Crippen molar-refractivity contribution in [3.63, 3.8) is 0 Å². The normalized spacial score (nSPS) is 15.9. The standard InChI is InChI=1S/C23H23N5O/c1-16-20(22(29)28(25-16)18-8-6-5-7-9-18)14-17-10-12-19(13-11-17)27-21(15-24-26-27)23(2,3)4/h5-15H,1-4H3. The van der Waals surface area contributed by atoms with E-state index in [0.717, 1.165) is 22.6 Å². The molecule has 4 rings (SSSR count). The molecule has 0 saturated carbocycles. The zero-order chi connectivity index (χ0) is 20.6. The zero-order valence-electron chi connectivity index (χ0n) is 17.0. The lowest BCUT2D eigenvalue weighted by Crippen LogP contribution is -2.21. The number of anilines is 1. The molecule has 0 atom stereocenters. The number of aromatic nitrogens is 3. The molecule has 6 heteroatoms. The van der Waals surface area contributed by atoms with E-state index in [0.29, 0.717) is 11.3 Å². The van der Waals surface area contributed by atoms with E-state index >= 15 is 0 Å². The van der Waals surface area contributed by atoms with Crippen molar-refractivity contribution >= 4 is 23.4 Å². The summed E-state index contributed by atoms with van der Waals surface area (Å²) in [6.07, 6.45) is 3.67. The fourth-order valence-electron chi connectivity index (χ4n) is 3.24. The minimum atomic E-state index is -0.121. The average molecular weight is 385 g/mol. The number of carbonyl (C=O) groups is 1. The number of para-hydroxylation sites is 1. The van der Waals surface area contributed by atoms with E-state index in [-0.39, 0.29) is 11.3 Å². The Hall–Kier alpha value is -3.54. The SMILES string of the molecule is CC1=NN(c2ccccc2)C(=O)C1=Cc1ccc(-n2nncc2C(C)(C)C)cc1. The van der Waals surface area contributed by atoms with Gasteiger partial charge in [0.05, 0.1) is 34.6 Å². The van der Waals surface area contributed by atoms with Gasteiger partial charge in [-0.05, 0) is 42.8 Å². The van der Waals surface area contributed by atoms with Crippen LogP contribution in [0.1, 0.15) is 39.0 Å². The van der Waals surface area contributed by atoms with Gasteiger partial charge in [-0.15, -0.1) is 5.10 Å². The Morgan fingerprint density at radius 1 is 0.931 bits per heavy atom. The second-order valence-corrected chi connectivity index (χ2v) is 8.07. The van der Waals surface area contributed by atoms with Gasteiger partial charge in [0, 0.05) is 5.41 Å². The van der Waals surface area contributed by atoms with Crippen LogP contribution in [-0.4, -0.2) is 26.6 Å². The maximum Gasteiger partial charge on any atom is 0.280 e. The molecule has 1 aliphatic heterocycles. The van der Waals surface area contributed by atoms with E-state index in [9.17, 15) is 4.79 Å². The van der Waals surface area contributed by atoms with Gasteiger partial charge in [-0.2, -0.15) is 10.1 Å². The first-order valence-corrected chi connectivity index (χ1v) is 9.53. The number of benzene rings is 2. The number of rotatable bonds is 3. The van der Waals surface area contributed by atoms with Crippen molar-refractivity contribution in [2.75, 3.05) is 5.01 Å². The van der Waals surface area contributed by atoms with Crippen LogP contribution in [0.15, 0.2) is 71.5 Å². The molecule has 0 fully saturated rings. The van der Waals surface area contributed by atoms with Crippen molar-refractivity contribution in [3.8, 4) is 5.69 Å². The van der Waals surface area contributed by atoms with E-state index in [1.54, 1.807) is 6.20 Å². The van der Waals surface area contributed by atoms with Gasteiger partial charge in [-0.25, -0.2) is 4.68 Å². The lowest BCUT2D eigenvalue weighted by Gasteiger charge is -2.19. The molecule has 2 aromatic carbocycles. The van der Waals surface area contributed by atoms with E-state index in [1.165, 1.54) is 5.01 Å². The van der Waals surface area contributed by atoms with Crippen LogP contribution in [0.2, 0.25) is 0 Å². The number of nitrogens with zero attached hydrogens (tertiary/aromatic N) is 5. The Kier molecular flexibility index (Phi) is 4.62. The lowest BCUT2D eigenvalue weighted by atomic mass is 9.92. The first kappa shape index (κ1) is 18.8. The molecule has 1 aliphatic rings. The molecule has 3 aromatic rings. The molecular formula is C23H23N5O. The number of amides is 1. The van der Waals surface area contributed by atoms with Crippen LogP contribution in [0.4, 0.5) is 5.69 Å². The fourth-order valence-corrected chi connectivity index (χ4v) is 3.24. The molecule has 0 bridgehead atoms.